The smallest absolute Gasteiger partial charge is 0.260 e. The number of nitrogens with zero attached hydrogens (tertiary/aromatic N) is 8. The van der Waals surface area contributed by atoms with Crippen molar-refractivity contribution in [2.45, 2.75) is 125 Å². The van der Waals surface area contributed by atoms with Gasteiger partial charge in [-0.1, -0.05) is 46.1 Å². The number of pyridine rings is 3. The monoisotopic (exact) mass is 1080 g/mol. The van der Waals surface area contributed by atoms with Gasteiger partial charge in [0.05, 0.1) is 41.7 Å². The molecule has 3 atom stereocenters. The van der Waals surface area contributed by atoms with Crippen molar-refractivity contribution in [3.8, 4) is 22.3 Å². The van der Waals surface area contributed by atoms with Crippen molar-refractivity contribution in [3.63, 3.8) is 0 Å². The summed E-state index contributed by atoms with van der Waals surface area (Å²) in [5.41, 5.74) is 6.86. The summed E-state index contributed by atoms with van der Waals surface area (Å²) in [6.07, 6.45) is 7.25. The molecule has 0 aromatic carbocycles. The molecule has 6 aliphatic rings. The summed E-state index contributed by atoms with van der Waals surface area (Å²) < 4.78 is 10.6. The molecule has 3 aliphatic carbocycles. The van der Waals surface area contributed by atoms with Crippen LogP contribution in [0.3, 0.4) is 0 Å². The molecule has 0 bridgehead atoms. The first-order valence-corrected chi connectivity index (χ1v) is 26.6. The van der Waals surface area contributed by atoms with E-state index in [9.17, 15) is 24.0 Å². The van der Waals surface area contributed by atoms with Gasteiger partial charge in [-0.2, -0.15) is 0 Å². The van der Waals surface area contributed by atoms with Crippen LogP contribution in [0.1, 0.15) is 132 Å². The molecule has 8 heterocycles. The highest BCUT2D eigenvalue weighted by atomic mass is 35.5. The Morgan fingerprint density at radius 1 is 0.625 bits per heavy atom. The van der Waals surface area contributed by atoms with Crippen molar-refractivity contribution >= 4 is 97.3 Å². The maximum atomic E-state index is 12.9. The molecule has 17 nitrogen and oxygen atoms in total. The molecule has 5 aromatic rings. The van der Waals surface area contributed by atoms with Crippen molar-refractivity contribution < 1.29 is 33.4 Å². The minimum atomic E-state index is -0.162. The molecule has 3 fully saturated rings. The van der Waals surface area contributed by atoms with E-state index < -0.39 is 0 Å². The van der Waals surface area contributed by atoms with E-state index in [1.165, 1.54) is 89.3 Å². The quantitative estimate of drug-likeness (QED) is 0.119. The Morgan fingerprint density at radius 2 is 1.06 bits per heavy atom. The molecule has 5 aromatic heterocycles. The molecule has 0 saturated heterocycles. The third-order valence-electron chi connectivity index (χ3n) is 13.6. The van der Waals surface area contributed by atoms with Gasteiger partial charge in [0.15, 0.2) is 10.3 Å². The van der Waals surface area contributed by atoms with Crippen LogP contribution in [-0.4, -0.2) is 102 Å². The lowest BCUT2D eigenvalue weighted by Gasteiger charge is -2.23. The fraction of sp³-hybridized carbons (Fsp3) is 0.480. The summed E-state index contributed by atoms with van der Waals surface area (Å²) in [5, 5.41) is 9.36. The Labute approximate surface area is 441 Å². The number of fused-ring (bicyclic) bond motifs is 3. The van der Waals surface area contributed by atoms with Gasteiger partial charge in [-0.3, -0.25) is 24.0 Å². The van der Waals surface area contributed by atoms with Gasteiger partial charge in [0, 0.05) is 57.0 Å². The number of hydrogen-bond donors (Lipinski definition) is 2. The minimum absolute atomic E-state index is 0.000243. The zero-order valence-electron chi connectivity index (χ0n) is 41.5. The SMILES string of the molecule is CC(=O)Nc1nc(C)cs1.COc1nc(-c2sc(NC(C)=O)nc2C)cc2c1C(=O)N([C@@H](C)C1CC1)C2.COc1nc(Cl)cc2c1C(=O)N([C@@H](C)C1CC1)C2.C[C@@H](C1CC1)N1Cc2cc(Cl)nc(Cl)c2C1=O. The highest BCUT2D eigenvalue weighted by molar-refractivity contribution is 7.19. The first-order chi connectivity index (χ1) is 34.3. The van der Waals surface area contributed by atoms with Gasteiger partial charge in [-0.15, -0.1) is 11.3 Å². The van der Waals surface area contributed by atoms with Crippen LogP contribution in [0.25, 0.3) is 10.6 Å². The summed E-state index contributed by atoms with van der Waals surface area (Å²) in [6, 6.07) is 6.25. The lowest BCUT2D eigenvalue weighted by atomic mass is 10.1. The van der Waals surface area contributed by atoms with Crippen molar-refractivity contribution in [2.75, 3.05) is 24.9 Å². The van der Waals surface area contributed by atoms with Crippen LogP contribution in [0, 0.1) is 31.6 Å². The number of aromatic nitrogens is 5. The second-order valence-electron chi connectivity index (χ2n) is 18.9. The number of methoxy groups -OCH3 is 2. The predicted octanol–water partition coefficient (Wildman–Crippen LogP) is 10.3. The van der Waals surface area contributed by atoms with Crippen LogP contribution in [-0.2, 0) is 29.2 Å². The zero-order valence-corrected chi connectivity index (χ0v) is 45.4. The van der Waals surface area contributed by atoms with Crippen molar-refractivity contribution in [2.24, 2.45) is 17.8 Å². The van der Waals surface area contributed by atoms with E-state index >= 15 is 0 Å². The van der Waals surface area contributed by atoms with E-state index in [2.05, 4.69) is 56.3 Å². The van der Waals surface area contributed by atoms with Crippen molar-refractivity contribution in [1.29, 1.82) is 0 Å². The number of nitrogens with one attached hydrogen (secondary N) is 2. The summed E-state index contributed by atoms with van der Waals surface area (Å²) in [6.45, 7) is 14.8. The second-order valence-corrected chi connectivity index (χ2v) is 21.9. The van der Waals surface area contributed by atoms with Gasteiger partial charge in [0.1, 0.15) is 26.6 Å². The molecule has 22 heteroatoms. The van der Waals surface area contributed by atoms with Gasteiger partial charge in [-0.05, 0) is 126 Å². The number of hydrogen-bond acceptors (Lipinski definition) is 14. The number of carbonyl (C=O) groups excluding carboxylic acids is 5. The molecule has 72 heavy (non-hydrogen) atoms. The maximum absolute atomic E-state index is 12.9. The third kappa shape index (κ3) is 11.8. The van der Waals surface area contributed by atoms with Crippen LogP contribution in [0.15, 0.2) is 23.6 Å². The van der Waals surface area contributed by atoms with Crippen LogP contribution in [0.5, 0.6) is 11.8 Å². The number of rotatable bonds is 11. The molecule has 2 N–H and O–H groups in total. The molecule has 3 aliphatic heterocycles. The number of anilines is 2. The van der Waals surface area contributed by atoms with Gasteiger partial charge in [0.2, 0.25) is 23.6 Å². The number of amides is 5. The first kappa shape index (κ1) is 52.8. The lowest BCUT2D eigenvalue weighted by Crippen LogP contribution is -2.34. The molecule has 5 amide bonds. The second kappa shape index (κ2) is 21.9. The van der Waals surface area contributed by atoms with Crippen LogP contribution < -0.4 is 20.1 Å². The van der Waals surface area contributed by atoms with Crippen LogP contribution in [0.2, 0.25) is 15.5 Å². The molecule has 0 radical (unpaired) electrons. The Kier molecular flexibility index (Phi) is 16.1. The molecular formula is C50H57Cl3N10O7S2. The van der Waals surface area contributed by atoms with E-state index in [0.29, 0.717) is 92.1 Å². The van der Waals surface area contributed by atoms with Crippen molar-refractivity contribution in [1.82, 2.24) is 39.6 Å². The third-order valence-corrected chi connectivity index (χ3v) is 16.2. The minimum Gasteiger partial charge on any atom is -0.480 e. The summed E-state index contributed by atoms with van der Waals surface area (Å²) in [5.74, 6) is 2.37. The molecule has 0 unspecified atom stereocenters. The van der Waals surface area contributed by atoms with Gasteiger partial charge >= 0.3 is 0 Å². The topological polar surface area (TPSA) is 202 Å². The van der Waals surface area contributed by atoms with Crippen molar-refractivity contribution in [3.05, 3.63) is 83.8 Å². The number of carbonyl (C=O) groups is 5. The van der Waals surface area contributed by atoms with E-state index in [1.807, 2.05) is 40.0 Å². The lowest BCUT2D eigenvalue weighted by molar-refractivity contribution is -0.115. The first-order valence-electron chi connectivity index (χ1n) is 23.8. The average Bonchev–Trinajstić information content (AvgIpc) is 4.27. The normalized spacial score (nSPS) is 17.6. The molecule has 3 saturated carbocycles. The Morgan fingerprint density at radius 3 is 1.50 bits per heavy atom. The Balaban J connectivity index is 0.000000136. The van der Waals surface area contributed by atoms with Gasteiger partial charge < -0.3 is 34.8 Å². The number of thiazole rings is 2. The maximum Gasteiger partial charge on any atom is 0.260 e. The van der Waals surface area contributed by atoms with Crippen LogP contribution >= 0.6 is 57.5 Å². The Hall–Kier alpha value is -5.47. The fourth-order valence-electron chi connectivity index (χ4n) is 9.19. The molecule has 382 valence electrons. The predicted molar refractivity (Wildman–Crippen MR) is 278 cm³/mol. The molecular weight excluding hydrogens is 1020 g/mol. The average molecular weight is 1080 g/mol. The van der Waals surface area contributed by atoms with E-state index in [-0.39, 0.29) is 52.8 Å². The number of ether oxygens (including phenoxy) is 2. The highest BCUT2D eigenvalue weighted by Crippen LogP contribution is 2.44. The Bertz CT molecular complexity index is 2940. The zero-order chi connectivity index (χ0) is 51.9. The van der Waals surface area contributed by atoms with E-state index in [4.69, 9.17) is 44.3 Å². The standard InChI is InChI=1S/C19H22N4O3S.C13H15ClN2O2.C12H12Cl2N2O.C6H8N2OS/c1-9-16(27-19(20-9)21-11(3)24)14-7-13-8-23(10(2)12-5-6-12)18(25)15(13)17(22-14)26-4;1-7(8-3-4-8)16-6-9-5-10(14)15-12(18-2)11(9)13(16)17;1-6(7-2-3-7)16-5-8-4-9(13)15-11(14)10(8)12(16)17;1-4-3-10-6(7-4)8-5(2)9/h7,10,12H,5-6,8H2,1-4H3,(H,20,21,24);5,7-8H,3-4,6H2,1-2H3;4,6-7H,2-3,5H2,1H3;3H,1-2H3,(H,7,8,9)/t10-;7-;6-;/m000./s1. The highest BCUT2D eigenvalue weighted by Gasteiger charge is 2.43. The van der Waals surface area contributed by atoms with Gasteiger partial charge in [-0.25, -0.2) is 24.9 Å². The fourth-order valence-corrected chi connectivity index (χ4v) is 11.7. The number of aryl methyl sites for hydroxylation is 2. The molecule has 11 rings (SSSR count). The van der Waals surface area contributed by atoms with Gasteiger partial charge in [0.25, 0.3) is 17.7 Å². The van der Waals surface area contributed by atoms with E-state index in [1.54, 1.807) is 12.1 Å². The summed E-state index contributed by atoms with van der Waals surface area (Å²) >= 11 is 20.6. The summed E-state index contributed by atoms with van der Waals surface area (Å²) in [7, 11) is 3.05. The van der Waals surface area contributed by atoms with E-state index in [0.717, 1.165) is 33.0 Å². The summed E-state index contributed by atoms with van der Waals surface area (Å²) in [4.78, 5) is 87.0. The number of halogens is 3. The van der Waals surface area contributed by atoms with Crippen LogP contribution in [0.4, 0.5) is 10.3 Å². The molecule has 0 spiro atoms. The largest absolute Gasteiger partial charge is 0.480 e.